The van der Waals surface area contributed by atoms with Crippen molar-refractivity contribution < 1.29 is 14.3 Å². The van der Waals surface area contributed by atoms with Crippen LogP contribution in [0.15, 0.2) is 66.7 Å². The Morgan fingerprint density at radius 3 is 2.00 bits per heavy atom. The zero-order chi connectivity index (χ0) is 16.9. The van der Waals surface area contributed by atoms with Crippen molar-refractivity contribution in [1.82, 2.24) is 4.98 Å². The van der Waals surface area contributed by atoms with E-state index in [9.17, 15) is 4.79 Å². The molecule has 1 aromatic heterocycles. The quantitative estimate of drug-likeness (QED) is 0.608. The molecule has 3 rings (SSSR count). The van der Waals surface area contributed by atoms with Gasteiger partial charge in [-0.1, -0.05) is 18.2 Å². The summed E-state index contributed by atoms with van der Waals surface area (Å²) in [5, 5.41) is 0. The Balaban J connectivity index is 1.77. The SMILES string of the molecule is CC(=O)c1ccc(C)nc1Oc1ccc(Oc2ccccc2)cc1. The van der Waals surface area contributed by atoms with E-state index in [1.54, 1.807) is 24.3 Å². The maximum atomic E-state index is 11.7. The van der Waals surface area contributed by atoms with Crippen molar-refractivity contribution in [3.05, 3.63) is 78.0 Å². The summed E-state index contributed by atoms with van der Waals surface area (Å²) in [6, 6.07) is 20.3. The Labute approximate surface area is 140 Å². The molecule has 0 unspecified atom stereocenters. The Hall–Kier alpha value is -3.14. The first-order valence-electron chi connectivity index (χ1n) is 7.61. The van der Waals surface area contributed by atoms with Crippen LogP contribution in [0.2, 0.25) is 0 Å². The van der Waals surface area contributed by atoms with Crippen LogP contribution < -0.4 is 9.47 Å². The van der Waals surface area contributed by atoms with Gasteiger partial charge in [-0.05, 0) is 62.4 Å². The predicted molar refractivity (Wildman–Crippen MR) is 92.0 cm³/mol. The van der Waals surface area contributed by atoms with Gasteiger partial charge in [-0.25, -0.2) is 4.98 Å². The second-order valence-electron chi connectivity index (χ2n) is 5.35. The van der Waals surface area contributed by atoms with Crippen LogP contribution in [0.3, 0.4) is 0 Å². The van der Waals surface area contributed by atoms with E-state index in [-0.39, 0.29) is 5.78 Å². The molecule has 120 valence electrons. The summed E-state index contributed by atoms with van der Waals surface area (Å²) in [6.07, 6.45) is 0. The van der Waals surface area contributed by atoms with E-state index in [1.165, 1.54) is 6.92 Å². The average Bonchev–Trinajstić information content (AvgIpc) is 2.57. The molecule has 4 heteroatoms. The van der Waals surface area contributed by atoms with Crippen LogP contribution in [0.1, 0.15) is 23.0 Å². The fraction of sp³-hybridized carbons (Fsp3) is 0.100. The molecule has 0 saturated heterocycles. The van der Waals surface area contributed by atoms with Gasteiger partial charge in [-0.3, -0.25) is 4.79 Å². The van der Waals surface area contributed by atoms with Crippen LogP contribution >= 0.6 is 0 Å². The molecule has 0 bridgehead atoms. The van der Waals surface area contributed by atoms with Gasteiger partial charge < -0.3 is 9.47 Å². The highest BCUT2D eigenvalue weighted by atomic mass is 16.5. The monoisotopic (exact) mass is 319 g/mol. The van der Waals surface area contributed by atoms with Crippen LogP contribution in [0.5, 0.6) is 23.1 Å². The number of Topliss-reactive ketones (excluding diaryl/α,β-unsaturated/α-hetero) is 1. The van der Waals surface area contributed by atoms with Gasteiger partial charge in [0.05, 0.1) is 5.56 Å². The Morgan fingerprint density at radius 2 is 1.38 bits per heavy atom. The number of ether oxygens (including phenoxy) is 2. The largest absolute Gasteiger partial charge is 0.457 e. The van der Waals surface area contributed by atoms with Crippen molar-refractivity contribution >= 4 is 5.78 Å². The molecule has 0 spiro atoms. The number of hydrogen-bond acceptors (Lipinski definition) is 4. The lowest BCUT2D eigenvalue weighted by molar-refractivity contribution is 0.101. The standard InChI is InChI=1S/C20H17NO3/c1-14-8-13-19(15(2)22)20(21-14)24-18-11-9-17(10-12-18)23-16-6-4-3-5-7-16/h3-13H,1-2H3. The number of nitrogens with zero attached hydrogens (tertiary/aromatic N) is 1. The van der Waals surface area contributed by atoms with Gasteiger partial charge in [0.2, 0.25) is 5.88 Å². The lowest BCUT2D eigenvalue weighted by atomic mass is 10.2. The minimum absolute atomic E-state index is 0.0819. The number of carbonyl (C=O) groups excluding carboxylic acids is 1. The molecule has 1 heterocycles. The predicted octanol–water partition coefficient (Wildman–Crippen LogP) is 5.18. The number of pyridine rings is 1. The summed E-state index contributed by atoms with van der Waals surface area (Å²) >= 11 is 0. The van der Waals surface area contributed by atoms with Crippen molar-refractivity contribution in [2.24, 2.45) is 0 Å². The fourth-order valence-electron chi connectivity index (χ4n) is 2.19. The van der Waals surface area contributed by atoms with Crippen LogP contribution in [0, 0.1) is 6.92 Å². The highest BCUT2D eigenvalue weighted by Crippen LogP contribution is 2.27. The van der Waals surface area contributed by atoms with E-state index < -0.39 is 0 Å². The summed E-state index contributed by atoms with van der Waals surface area (Å²) in [5.74, 6) is 2.31. The molecule has 0 aliphatic carbocycles. The Kier molecular flexibility index (Phi) is 4.57. The molecule has 0 amide bonds. The number of carbonyl (C=O) groups is 1. The first-order chi connectivity index (χ1) is 11.6. The van der Waals surface area contributed by atoms with Gasteiger partial charge in [0.15, 0.2) is 5.78 Å². The van der Waals surface area contributed by atoms with Gasteiger partial charge in [0.1, 0.15) is 17.2 Å². The highest BCUT2D eigenvalue weighted by molar-refractivity contribution is 5.96. The van der Waals surface area contributed by atoms with Crippen LogP contribution in [0.25, 0.3) is 0 Å². The van der Waals surface area contributed by atoms with Crippen molar-refractivity contribution in [2.75, 3.05) is 0 Å². The van der Waals surface area contributed by atoms with E-state index in [0.29, 0.717) is 22.9 Å². The molecule has 0 radical (unpaired) electrons. The first-order valence-corrected chi connectivity index (χ1v) is 7.61. The molecule has 3 aromatic rings. The third-order valence-electron chi connectivity index (χ3n) is 3.40. The van der Waals surface area contributed by atoms with Gasteiger partial charge in [0, 0.05) is 5.69 Å². The second-order valence-corrected chi connectivity index (χ2v) is 5.35. The summed E-state index contributed by atoms with van der Waals surface area (Å²) in [4.78, 5) is 16.0. The fourth-order valence-corrected chi connectivity index (χ4v) is 2.19. The molecule has 24 heavy (non-hydrogen) atoms. The second kappa shape index (κ2) is 6.96. The van der Waals surface area contributed by atoms with Crippen molar-refractivity contribution in [3.8, 4) is 23.1 Å². The van der Waals surface area contributed by atoms with E-state index in [2.05, 4.69) is 4.98 Å². The molecular weight excluding hydrogens is 302 g/mol. The topological polar surface area (TPSA) is 48.4 Å². The third-order valence-corrected chi connectivity index (χ3v) is 3.40. The van der Waals surface area contributed by atoms with Crippen LogP contribution in [0.4, 0.5) is 0 Å². The maximum Gasteiger partial charge on any atom is 0.230 e. The summed E-state index contributed by atoms with van der Waals surface area (Å²) in [5.41, 5.74) is 1.25. The zero-order valence-electron chi connectivity index (χ0n) is 13.5. The number of aromatic nitrogens is 1. The number of hydrogen-bond donors (Lipinski definition) is 0. The number of benzene rings is 2. The van der Waals surface area contributed by atoms with Crippen LogP contribution in [-0.2, 0) is 0 Å². The van der Waals surface area contributed by atoms with Gasteiger partial charge in [-0.2, -0.15) is 0 Å². The van der Waals surface area contributed by atoms with E-state index in [0.717, 1.165) is 11.4 Å². The van der Waals surface area contributed by atoms with Crippen molar-refractivity contribution in [2.45, 2.75) is 13.8 Å². The minimum Gasteiger partial charge on any atom is -0.457 e. The lowest BCUT2D eigenvalue weighted by Crippen LogP contribution is -2.00. The molecule has 0 aliphatic rings. The number of rotatable bonds is 5. The summed E-state index contributed by atoms with van der Waals surface area (Å²) < 4.78 is 11.5. The molecule has 0 fully saturated rings. The lowest BCUT2D eigenvalue weighted by Gasteiger charge is -2.10. The van der Waals surface area contributed by atoms with E-state index >= 15 is 0 Å². The molecule has 0 N–H and O–H groups in total. The van der Waals surface area contributed by atoms with Crippen molar-refractivity contribution in [1.29, 1.82) is 0 Å². The third kappa shape index (κ3) is 3.79. The van der Waals surface area contributed by atoms with Crippen LogP contribution in [-0.4, -0.2) is 10.8 Å². The minimum atomic E-state index is -0.0819. The molecular formula is C20H17NO3. The van der Waals surface area contributed by atoms with Gasteiger partial charge in [-0.15, -0.1) is 0 Å². The van der Waals surface area contributed by atoms with Crippen molar-refractivity contribution in [3.63, 3.8) is 0 Å². The number of ketones is 1. The van der Waals surface area contributed by atoms with E-state index in [1.807, 2.05) is 49.4 Å². The normalized spacial score (nSPS) is 10.2. The Morgan fingerprint density at radius 1 is 0.792 bits per heavy atom. The Bertz CT molecular complexity index is 843. The first kappa shape index (κ1) is 15.7. The average molecular weight is 319 g/mol. The molecule has 0 saturated carbocycles. The zero-order valence-corrected chi connectivity index (χ0v) is 13.5. The smallest absolute Gasteiger partial charge is 0.230 e. The molecule has 4 nitrogen and oxygen atoms in total. The van der Waals surface area contributed by atoms with E-state index in [4.69, 9.17) is 9.47 Å². The number of aryl methyl sites for hydroxylation is 1. The molecule has 2 aromatic carbocycles. The number of para-hydroxylation sites is 1. The maximum absolute atomic E-state index is 11.7. The molecule has 0 aliphatic heterocycles. The summed E-state index contributed by atoms with van der Waals surface area (Å²) in [6.45, 7) is 3.35. The molecule has 0 atom stereocenters. The van der Waals surface area contributed by atoms with Gasteiger partial charge >= 0.3 is 0 Å². The van der Waals surface area contributed by atoms with Gasteiger partial charge in [0.25, 0.3) is 0 Å². The summed E-state index contributed by atoms with van der Waals surface area (Å²) in [7, 11) is 0. The highest BCUT2D eigenvalue weighted by Gasteiger charge is 2.11.